The maximum atomic E-state index is 11.9. The molecule has 2 N–H and O–H groups in total. The third-order valence-corrected chi connectivity index (χ3v) is 3.52. The van der Waals surface area contributed by atoms with Crippen molar-refractivity contribution in [3.63, 3.8) is 0 Å². The zero-order valence-corrected chi connectivity index (χ0v) is 11.5. The van der Waals surface area contributed by atoms with Crippen LogP contribution in [0.2, 0.25) is 0 Å². The fourth-order valence-electron chi connectivity index (χ4n) is 2.26. The summed E-state index contributed by atoms with van der Waals surface area (Å²) in [7, 11) is 3.27. The van der Waals surface area contributed by atoms with Gasteiger partial charge in [0.05, 0.1) is 23.7 Å². The summed E-state index contributed by atoms with van der Waals surface area (Å²) in [6.07, 6.45) is 0.470. The zero-order valence-electron chi connectivity index (χ0n) is 11.5. The molecule has 2 rings (SSSR count). The number of carbonyl (C=O) groups is 1. The van der Waals surface area contributed by atoms with E-state index in [2.05, 4.69) is 5.10 Å². The number of rotatable bonds is 4. The first-order valence-electron chi connectivity index (χ1n) is 6.21. The van der Waals surface area contributed by atoms with Crippen LogP contribution in [0.1, 0.15) is 12.6 Å². The molecule has 5 nitrogen and oxygen atoms in total. The van der Waals surface area contributed by atoms with Crippen molar-refractivity contribution >= 4 is 16.9 Å². The predicted octanol–water partition coefficient (Wildman–Crippen LogP) is 1.25. The molecule has 0 aliphatic rings. The third-order valence-electron chi connectivity index (χ3n) is 3.52. The summed E-state index contributed by atoms with van der Waals surface area (Å²) in [5.74, 6) is -0.301. The first-order valence-corrected chi connectivity index (χ1v) is 6.21. The van der Waals surface area contributed by atoms with Gasteiger partial charge in [-0.2, -0.15) is 5.10 Å². The number of nitrogens with two attached hydrogens (primary N) is 1. The molecule has 1 aromatic carbocycles. The Hall–Kier alpha value is -1.88. The summed E-state index contributed by atoms with van der Waals surface area (Å²) >= 11 is 0. The molecular weight excluding hydrogens is 242 g/mol. The SMILES string of the molecule is COC(=O)C(C)(CN)Cc1nn(C)c2ccccc12. The Bertz CT molecular complexity index is 606. The van der Waals surface area contributed by atoms with Gasteiger partial charge in [-0.25, -0.2) is 0 Å². The lowest BCUT2D eigenvalue weighted by atomic mass is 9.85. The molecule has 2 aromatic rings. The van der Waals surface area contributed by atoms with E-state index in [9.17, 15) is 4.79 Å². The second kappa shape index (κ2) is 5.01. The molecule has 0 saturated heterocycles. The molecule has 0 fully saturated rings. The number of hydrogen-bond donors (Lipinski definition) is 1. The van der Waals surface area contributed by atoms with Gasteiger partial charge in [-0.05, 0) is 13.0 Å². The topological polar surface area (TPSA) is 70.1 Å². The van der Waals surface area contributed by atoms with E-state index in [-0.39, 0.29) is 12.5 Å². The fourth-order valence-corrected chi connectivity index (χ4v) is 2.26. The normalized spacial score (nSPS) is 14.3. The van der Waals surface area contributed by atoms with Crippen molar-refractivity contribution < 1.29 is 9.53 Å². The number of para-hydroxylation sites is 1. The lowest BCUT2D eigenvalue weighted by molar-refractivity contribution is -0.151. The summed E-state index contributed by atoms with van der Waals surface area (Å²) in [5.41, 5.74) is 6.92. The van der Waals surface area contributed by atoms with Gasteiger partial charge in [0.1, 0.15) is 0 Å². The monoisotopic (exact) mass is 261 g/mol. The van der Waals surface area contributed by atoms with Crippen LogP contribution in [0.25, 0.3) is 10.9 Å². The van der Waals surface area contributed by atoms with E-state index in [4.69, 9.17) is 10.5 Å². The molecule has 19 heavy (non-hydrogen) atoms. The molecule has 1 atom stereocenters. The molecule has 0 saturated carbocycles. The summed E-state index contributed by atoms with van der Waals surface area (Å²) in [6.45, 7) is 2.03. The molecule has 102 valence electrons. The Morgan fingerprint density at radius 3 is 2.79 bits per heavy atom. The van der Waals surface area contributed by atoms with Crippen LogP contribution >= 0.6 is 0 Å². The van der Waals surface area contributed by atoms with Crippen molar-refractivity contribution in [1.29, 1.82) is 0 Å². The van der Waals surface area contributed by atoms with Crippen molar-refractivity contribution in [2.75, 3.05) is 13.7 Å². The molecule has 1 unspecified atom stereocenters. The number of esters is 1. The van der Waals surface area contributed by atoms with Crippen LogP contribution in [0, 0.1) is 5.41 Å². The maximum Gasteiger partial charge on any atom is 0.313 e. The Balaban J connectivity index is 2.43. The minimum Gasteiger partial charge on any atom is -0.469 e. The summed E-state index contributed by atoms with van der Waals surface area (Å²) in [6, 6.07) is 7.94. The molecule has 5 heteroatoms. The molecular formula is C14H19N3O2. The maximum absolute atomic E-state index is 11.9. The molecule has 0 amide bonds. The Morgan fingerprint density at radius 1 is 1.47 bits per heavy atom. The standard InChI is InChI=1S/C14H19N3O2/c1-14(9-15,13(18)19-3)8-11-10-6-4-5-7-12(10)17(2)16-11/h4-7H,8-9,15H2,1-3H3. The van der Waals surface area contributed by atoms with Gasteiger partial charge in [0.25, 0.3) is 0 Å². The van der Waals surface area contributed by atoms with Gasteiger partial charge in [-0.15, -0.1) is 0 Å². The predicted molar refractivity (Wildman–Crippen MR) is 73.6 cm³/mol. The van der Waals surface area contributed by atoms with E-state index in [1.165, 1.54) is 7.11 Å². The van der Waals surface area contributed by atoms with Crippen LogP contribution in [0.3, 0.4) is 0 Å². The van der Waals surface area contributed by atoms with Crippen molar-refractivity contribution in [2.24, 2.45) is 18.2 Å². The van der Waals surface area contributed by atoms with Crippen LogP contribution in [0.5, 0.6) is 0 Å². The largest absolute Gasteiger partial charge is 0.469 e. The van der Waals surface area contributed by atoms with Gasteiger partial charge < -0.3 is 10.5 Å². The van der Waals surface area contributed by atoms with Crippen LogP contribution in [-0.2, 0) is 23.0 Å². The van der Waals surface area contributed by atoms with Gasteiger partial charge in [0, 0.05) is 25.4 Å². The summed E-state index contributed by atoms with van der Waals surface area (Å²) in [5, 5.41) is 5.54. The van der Waals surface area contributed by atoms with Crippen LogP contribution in [-0.4, -0.2) is 29.4 Å². The van der Waals surface area contributed by atoms with E-state index in [1.807, 2.05) is 42.9 Å². The quantitative estimate of drug-likeness (QED) is 0.841. The Morgan fingerprint density at radius 2 is 2.16 bits per heavy atom. The smallest absolute Gasteiger partial charge is 0.313 e. The highest BCUT2D eigenvalue weighted by Crippen LogP contribution is 2.27. The highest BCUT2D eigenvalue weighted by molar-refractivity contribution is 5.83. The van der Waals surface area contributed by atoms with Crippen LogP contribution in [0.15, 0.2) is 24.3 Å². The van der Waals surface area contributed by atoms with E-state index in [1.54, 1.807) is 0 Å². The number of hydrogen-bond acceptors (Lipinski definition) is 4. The number of carbonyl (C=O) groups excluding carboxylic acids is 1. The van der Waals surface area contributed by atoms with Gasteiger partial charge in [0.15, 0.2) is 0 Å². The van der Waals surface area contributed by atoms with Crippen molar-refractivity contribution in [3.8, 4) is 0 Å². The first kappa shape index (κ1) is 13.5. The minimum absolute atomic E-state index is 0.227. The highest BCUT2D eigenvalue weighted by atomic mass is 16.5. The van der Waals surface area contributed by atoms with Crippen molar-refractivity contribution in [1.82, 2.24) is 9.78 Å². The fraction of sp³-hybridized carbons (Fsp3) is 0.429. The number of nitrogens with zero attached hydrogens (tertiary/aromatic N) is 2. The molecule has 1 heterocycles. The average molecular weight is 261 g/mol. The summed E-state index contributed by atoms with van der Waals surface area (Å²) < 4.78 is 6.66. The van der Waals surface area contributed by atoms with Crippen LogP contribution in [0.4, 0.5) is 0 Å². The number of aromatic nitrogens is 2. The van der Waals surface area contributed by atoms with E-state index >= 15 is 0 Å². The van der Waals surface area contributed by atoms with Crippen LogP contribution < -0.4 is 5.73 Å². The molecule has 1 aromatic heterocycles. The molecule has 0 radical (unpaired) electrons. The Labute approximate surface area is 112 Å². The zero-order chi connectivity index (χ0) is 14.0. The Kier molecular flexibility index (Phi) is 3.57. The average Bonchev–Trinajstić information content (AvgIpc) is 2.75. The number of aryl methyl sites for hydroxylation is 1. The van der Waals surface area contributed by atoms with Gasteiger partial charge >= 0.3 is 5.97 Å². The first-order chi connectivity index (χ1) is 9.01. The number of methoxy groups -OCH3 is 1. The van der Waals surface area contributed by atoms with Gasteiger partial charge in [-0.3, -0.25) is 9.48 Å². The number of fused-ring (bicyclic) bond motifs is 1. The number of ether oxygens (including phenoxy) is 1. The van der Waals surface area contributed by atoms with E-state index in [0.29, 0.717) is 6.42 Å². The molecule has 0 aliphatic carbocycles. The van der Waals surface area contributed by atoms with E-state index < -0.39 is 5.41 Å². The number of benzene rings is 1. The van der Waals surface area contributed by atoms with Gasteiger partial charge in [0.2, 0.25) is 0 Å². The highest BCUT2D eigenvalue weighted by Gasteiger charge is 2.34. The molecule has 0 bridgehead atoms. The van der Waals surface area contributed by atoms with Crippen molar-refractivity contribution in [3.05, 3.63) is 30.0 Å². The van der Waals surface area contributed by atoms with E-state index in [0.717, 1.165) is 16.6 Å². The lowest BCUT2D eigenvalue weighted by Crippen LogP contribution is -2.38. The molecule has 0 aliphatic heterocycles. The molecule has 0 spiro atoms. The lowest BCUT2D eigenvalue weighted by Gasteiger charge is -2.23. The minimum atomic E-state index is -0.744. The summed E-state index contributed by atoms with van der Waals surface area (Å²) in [4.78, 5) is 11.9. The second-order valence-corrected chi connectivity index (χ2v) is 5.02. The van der Waals surface area contributed by atoms with Gasteiger partial charge in [-0.1, -0.05) is 18.2 Å². The van der Waals surface area contributed by atoms with Crippen molar-refractivity contribution in [2.45, 2.75) is 13.3 Å². The second-order valence-electron chi connectivity index (χ2n) is 5.02. The third kappa shape index (κ3) is 2.33.